The number of aliphatic carboxylic acids is 1. The summed E-state index contributed by atoms with van der Waals surface area (Å²) in [4.78, 5) is 26.4. The van der Waals surface area contributed by atoms with E-state index in [9.17, 15) is 22.8 Å². The second-order valence-electron chi connectivity index (χ2n) is 5.42. The number of alkyl halides is 3. The normalized spacial score (nSPS) is 17.8. The third kappa shape index (κ3) is 4.01. The Kier molecular flexibility index (Phi) is 4.93. The van der Waals surface area contributed by atoms with Crippen LogP contribution in [0.25, 0.3) is 0 Å². The standard InChI is InChI=1S/C15H17F3N2O3/c1-10(14(22)23)19-5-7-20(8-6-19)13(21)11-3-2-4-12(9-11)15(16,17)18/h2-4,9-10H,5-8H2,1H3,(H,22,23)/t10-/m0/s1. The molecule has 1 aromatic rings. The number of carbonyl (C=O) groups excluding carboxylic acids is 1. The minimum absolute atomic E-state index is 0.0143. The summed E-state index contributed by atoms with van der Waals surface area (Å²) >= 11 is 0. The summed E-state index contributed by atoms with van der Waals surface area (Å²) in [6.45, 7) is 2.88. The molecule has 1 aliphatic rings. The van der Waals surface area contributed by atoms with Gasteiger partial charge >= 0.3 is 12.1 Å². The molecule has 8 heteroatoms. The van der Waals surface area contributed by atoms with Gasteiger partial charge in [0.25, 0.3) is 5.91 Å². The molecule has 0 radical (unpaired) electrons. The molecule has 23 heavy (non-hydrogen) atoms. The van der Waals surface area contributed by atoms with Crippen LogP contribution in [0, 0.1) is 0 Å². The fourth-order valence-electron chi connectivity index (χ4n) is 2.48. The van der Waals surface area contributed by atoms with Gasteiger partial charge in [0.15, 0.2) is 0 Å². The molecule has 1 aliphatic heterocycles. The van der Waals surface area contributed by atoms with Gasteiger partial charge in [-0.25, -0.2) is 0 Å². The lowest BCUT2D eigenvalue weighted by Crippen LogP contribution is -2.53. The van der Waals surface area contributed by atoms with E-state index in [1.54, 1.807) is 11.8 Å². The van der Waals surface area contributed by atoms with Gasteiger partial charge in [-0.2, -0.15) is 13.2 Å². The number of carboxylic acids is 1. The largest absolute Gasteiger partial charge is 0.480 e. The number of hydrogen-bond acceptors (Lipinski definition) is 3. The van der Waals surface area contributed by atoms with Gasteiger partial charge in [0.05, 0.1) is 5.56 Å². The van der Waals surface area contributed by atoms with E-state index in [4.69, 9.17) is 5.11 Å². The van der Waals surface area contributed by atoms with E-state index in [2.05, 4.69) is 0 Å². The maximum Gasteiger partial charge on any atom is 0.416 e. The molecule has 1 heterocycles. The lowest BCUT2D eigenvalue weighted by Gasteiger charge is -2.36. The Bertz CT molecular complexity index is 596. The fraction of sp³-hybridized carbons (Fsp3) is 0.467. The molecule has 0 aliphatic carbocycles. The maximum absolute atomic E-state index is 12.7. The molecule has 1 N–H and O–H groups in total. The highest BCUT2D eigenvalue weighted by Crippen LogP contribution is 2.29. The van der Waals surface area contributed by atoms with Crippen molar-refractivity contribution in [1.82, 2.24) is 9.80 Å². The number of benzene rings is 1. The number of nitrogens with zero attached hydrogens (tertiary/aromatic N) is 2. The van der Waals surface area contributed by atoms with Crippen molar-refractivity contribution in [2.24, 2.45) is 0 Å². The molecule has 5 nitrogen and oxygen atoms in total. The topological polar surface area (TPSA) is 60.9 Å². The highest BCUT2D eigenvalue weighted by molar-refractivity contribution is 5.94. The number of halogens is 3. The predicted molar refractivity (Wildman–Crippen MR) is 76.0 cm³/mol. The number of rotatable bonds is 3. The molecule has 1 saturated heterocycles. The van der Waals surface area contributed by atoms with Crippen molar-refractivity contribution in [2.45, 2.75) is 19.1 Å². The zero-order valence-corrected chi connectivity index (χ0v) is 12.5. The van der Waals surface area contributed by atoms with E-state index < -0.39 is 29.7 Å². The summed E-state index contributed by atoms with van der Waals surface area (Å²) in [5, 5.41) is 8.97. The SMILES string of the molecule is C[C@@H](C(=O)O)N1CCN(C(=O)c2cccc(C(F)(F)F)c2)CC1. The van der Waals surface area contributed by atoms with Gasteiger partial charge < -0.3 is 10.0 Å². The molecule has 1 atom stereocenters. The molecule has 0 aromatic heterocycles. The first-order valence-corrected chi connectivity index (χ1v) is 7.13. The van der Waals surface area contributed by atoms with Crippen molar-refractivity contribution < 1.29 is 27.9 Å². The molecule has 1 amide bonds. The van der Waals surface area contributed by atoms with Crippen LogP contribution in [0.2, 0.25) is 0 Å². The number of piperazine rings is 1. The maximum atomic E-state index is 12.7. The van der Waals surface area contributed by atoms with Crippen molar-refractivity contribution >= 4 is 11.9 Å². The smallest absolute Gasteiger partial charge is 0.416 e. The van der Waals surface area contributed by atoms with E-state index in [-0.39, 0.29) is 18.7 Å². The lowest BCUT2D eigenvalue weighted by molar-refractivity contribution is -0.143. The van der Waals surface area contributed by atoms with Gasteiger partial charge in [-0.3, -0.25) is 14.5 Å². The Morgan fingerprint density at radius 3 is 2.30 bits per heavy atom. The Labute approximate surface area is 131 Å². The fourth-order valence-corrected chi connectivity index (χ4v) is 2.48. The lowest BCUT2D eigenvalue weighted by atomic mass is 10.1. The van der Waals surface area contributed by atoms with Crippen molar-refractivity contribution in [3.63, 3.8) is 0 Å². The van der Waals surface area contributed by atoms with Gasteiger partial charge in [-0.15, -0.1) is 0 Å². The number of hydrogen-bond donors (Lipinski definition) is 1. The van der Waals surface area contributed by atoms with Crippen LogP contribution in [0.4, 0.5) is 13.2 Å². The minimum Gasteiger partial charge on any atom is -0.480 e. The molecule has 0 bridgehead atoms. The van der Waals surface area contributed by atoms with Crippen molar-refractivity contribution in [3.8, 4) is 0 Å². The summed E-state index contributed by atoms with van der Waals surface area (Å²) in [5.41, 5.74) is -0.874. The number of amides is 1. The third-order valence-corrected chi connectivity index (χ3v) is 3.94. The Hall–Kier alpha value is -2.09. The molecule has 0 unspecified atom stereocenters. The van der Waals surface area contributed by atoms with Gasteiger partial charge in [0.2, 0.25) is 0 Å². The highest BCUT2D eigenvalue weighted by Gasteiger charge is 2.32. The average molecular weight is 330 g/mol. The quantitative estimate of drug-likeness (QED) is 0.920. The Balaban J connectivity index is 2.04. The van der Waals surface area contributed by atoms with Crippen LogP contribution in [-0.2, 0) is 11.0 Å². The van der Waals surface area contributed by atoms with Crippen LogP contribution in [0.15, 0.2) is 24.3 Å². The zero-order valence-electron chi connectivity index (χ0n) is 12.5. The van der Waals surface area contributed by atoms with E-state index in [1.807, 2.05) is 0 Å². The van der Waals surface area contributed by atoms with Crippen LogP contribution >= 0.6 is 0 Å². The van der Waals surface area contributed by atoms with Gasteiger partial charge in [0.1, 0.15) is 6.04 Å². The zero-order chi connectivity index (χ0) is 17.2. The minimum atomic E-state index is -4.49. The van der Waals surface area contributed by atoms with Crippen molar-refractivity contribution in [2.75, 3.05) is 26.2 Å². The van der Waals surface area contributed by atoms with E-state index in [0.717, 1.165) is 12.1 Å². The van der Waals surface area contributed by atoms with Crippen LogP contribution in [0.5, 0.6) is 0 Å². The van der Waals surface area contributed by atoms with Crippen LogP contribution < -0.4 is 0 Å². The molecule has 1 fully saturated rings. The predicted octanol–water partition coefficient (Wildman–Crippen LogP) is 1.94. The molecule has 0 spiro atoms. The highest BCUT2D eigenvalue weighted by atomic mass is 19.4. The second-order valence-corrected chi connectivity index (χ2v) is 5.42. The Morgan fingerprint density at radius 1 is 1.17 bits per heavy atom. The first-order chi connectivity index (χ1) is 10.7. The molecule has 0 saturated carbocycles. The second kappa shape index (κ2) is 6.57. The third-order valence-electron chi connectivity index (χ3n) is 3.94. The van der Waals surface area contributed by atoms with Gasteiger partial charge in [-0.05, 0) is 25.1 Å². The van der Waals surface area contributed by atoms with Crippen LogP contribution in [0.3, 0.4) is 0 Å². The van der Waals surface area contributed by atoms with E-state index in [1.165, 1.54) is 17.0 Å². The molecule has 126 valence electrons. The molecule has 2 rings (SSSR count). The van der Waals surface area contributed by atoms with Crippen molar-refractivity contribution in [1.29, 1.82) is 0 Å². The molecular formula is C15H17F3N2O3. The van der Waals surface area contributed by atoms with E-state index >= 15 is 0 Å². The molecular weight excluding hydrogens is 313 g/mol. The van der Waals surface area contributed by atoms with Crippen molar-refractivity contribution in [3.05, 3.63) is 35.4 Å². The first-order valence-electron chi connectivity index (χ1n) is 7.13. The average Bonchev–Trinajstić information content (AvgIpc) is 2.53. The summed E-state index contributed by atoms with van der Waals surface area (Å²) in [6.07, 6.45) is -4.49. The summed E-state index contributed by atoms with van der Waals surface area (Å²) in [5.74, 6) is -1.42. The monoisotopic (exact) mass is 330 g/mol. The molecule has 1 aromatic carbocycles. The summed E-state index contributed by atoms with van der Waals surface area (Å²) < 4.78 is 38.1. The van der Waals surface area contributed by atoms with Gasteiger partial charge in [-0.1, -0.05) is 6.07 Å². The summed E-state index contributed by atoms with van der Waals surface area (Å²) in [7, 11) is 0. The van der Waals surface area contributed by atoms with E-state index in [0.29, 0.717) is 13.1 Å². The summed E-state index contributed by atoms with van der Waals surface area (Å²) in [6, 6.07) is 3.67. The van der Waals surface area contributed by atoms with Gasteiger partial charge in [0, 0.05) is 31.7 Å². The van der Waals surface area contributed by atoms with Crippen LogP contribution in [-0.4, -0.2) is 59.0 Å². The number of carbonyl (C=O) groups is 2. The van der Waals surface area contributed by atoms with Crippen LogP contribution in [0.1, 0.15) is 22.8 Å². The first kappa shape index (κ1) is 17.3. The number of carboxylic acid groups (broad SMARTS) is 1. The Morgan fingerprint density at radius 2 is 1.78 bits per heavy atom.